The van der Waals surface area contributed by atoms with Gasteiger partial charge in [0.1, 0.15) is 5.75 Å². The Hall–Kier alpha value is -1.27. The standard InChI is InChI=1S/C20H14ClF2I2NO3/c1-2-3-4-28-18-15(24)5-10(6-16(18)25)7-17-20(27)29-19(26-17)11-8-13(22)14(23)9-12(11)21/h5-9H,2-4H2,1H3/b17-7-. The zero-order valence-electron chi connectivity index (χ0n) is 15.1. The summed E-state index contributed by atoms with van der Waals surface area (Å²) in [6.45, 7) is 2.73. The van der Waals surface area contributed by atoms with Crippen molar-refractivity contribution in [3.63, 3.8) is 0 Å². The first-order valence-electron chi connectivity index (χ1n) is 8.59. The Kier molecular flexibility index (Phi) is 7.49. The zero-order chi connectivity index (χ0) is 21.1. The van der Waals surface area contributed by atoms with Crippen molar-refractivity contribution in [1.82, 2.24) is 0 Å². The minimum absolute atomic E-state index is 0.00569. The molecule has 152 valence electrons. The van der Waals surface area contributed by atoms with Crippen LogP contribution in [0.25, 0.3) is 6.08 Å². The number of benzene rings is 2. The van der Waals surface area contributed by atoms with E-state index in [2.05, 4.69) is 57.1 Å². The molecule has 2 aromatic carbocycles. The maximum absolute atomic E-state index is 13.5. The molecular formula is C20H14ClF2I2NO3. The Balaban J connectivity index is 1.91. The molecule has 1 aliphatic rings. The van der Waals surface area contributed by atoms with E-state index in [0.717, 1.165) is 43.4 Å². The normalized spacial score (nSPS) is 14.9. The molecule has 2 aromatic rings. The molecule has 0 radical (unpaired) electrons. The Morgan fingerprint density at radius 1 is 1.17 bits per heavy atom. The first kappa shape index (κ1) is 22.4. The lowest BCUT2D eigenvalue weighted by Crippen LogP contribution is -2.07. The number of esters is 1. The highest BCUT2D eigenvalue weighted by atomic mass is 127. The van der Waals surface area contributed by atoms with Crippen LogP contribution in [0.4, 0.5) is 8.78 Å². The van der Waals surface area contributed by atoms with E-state index in [1.807, 2.05) is 12.1 Å². The molecule has 0 amide bonds. The van der Waals surface area contributed by atoms with Crippen LogP contribution >= 0.6 is 56.8 Å². The van der Waals surface area contributed by atoms with Gasteiger partial charge >= 0.3 is 5.97 Å². The molecule has 0 unspecified atom stereocenters. The quantitative estimate of drug-likeness (QED) is 0.121. The van der Waals surface area contributed by atoms with E-state index in [-0.39, 0.29) is 22.2 Å². The predicted molar refractivity (Wildman–Crippen MR) is 124 cm³/mol. The fourth-order valence-corrected chi connectivity index (χ4v) is 4.85. The van der Waals surface area contributed by atoms with E-state index < -0.39 is 17.6 Å². The zero-order valence-corrected chi connectivity index (χ0v) is 20.1. The minimum Gasteiger partial charge on any atom is -0.491 e. The summed E-state index contributed by atoms with van der Waals surface area (Å²) in [5, 5.41) is -0.102. The molecule has 0 atom stereocenters. The van der Waals surface area contributed by atoms with Gasteiger partial charge in [0.05, 0.1) is 24.3 Å². The van der Waals surface area contributed by atoms with Crippen molar-refractivity contribution >= 4 is 74.7 Å². The molecule has 0 bridgehead atoms. The first-order chi connectivity index (χ1) is 13.8. The number of unbranched alkanes of at least 4 members (excludes halogenated alkanes) is 1. The number of aliphatic imine (C=N–C) groups is 1. The molecule has 0 saturated carbocycles. The van der Waals surface area contributed by atoms with E-state index in [1.165, 1.54) is 0 Å². The molecule has 29 heavy (non-hydrogen) atoms. The number of carbonyl (C=O) groups is 1. The Labute approximate surface area is 198 Å². The summed E-state index contributed by atoms with van der Waals surface area (Å²) in [4.78, 5) is 16.3. The summed E-state index contributed by atoms with van der Waals surface area (Å²) in [6.07, 6.45) is 3.57. The van der Waals surface area contributed by atoms with Crippen molar-refractivity contribution in [2.45, 2.75) is 19.8 Å². The number of hydrogen-bond donors (Lipinski definition) is 0. The van der Waals surface area contributed by atoms with Crippen LogP contribution in [-0.2, 0) is 9.53 Å². The second kappa shape index (κ2) is 9.69. The molecule has 4 nitrogen and oxygen atoms in total. The summed E-state index contributed by atoms with van der Waals surface area (Å²) in [7, 11) is 0. The van der Waals surface area contributed by atoms with Crippen LogP contribution in [0.1, 0.15) is 30.9 Å². The molecule has 1 aliphatic heterocycles. The van der Waals surface area contributed by atoms with Gasteiger partial charge in [-0.05, 0) is 87.5 Å². The van der Waals surface area contributed by atoms with E-state index in [4.69, 9.17) is 21.1 Å². The predicted octanol–water partition coefficient (Wildman–Crippen LogP) is 6.35. The molecule has 1 heterocycles. The van der Waals surface area contributed by atoms with Gasteiger partial charge in [-0.15, -0.1) is 0 Å². The lowest BCUT2D eigenvalue weighted by atomic mass is 10.2. The van der Waals surface area contributed by atoms with Crippen LogP contribution in [0, 0.1) is 18.8 Å². The molecule has 0 N–H and O–H groups in total. The van der Waals surface area contributed by atoms with E-state index in [9.17, 15) is 13.6 Å². The Morgan fingerprint density at radius 2 is 1.83 bits per heavy atom. The Bertz CT molecular complexity index is 1020. The summed E-state index contributed by atoms with van der Waals surface area (Å²) in [5.74, 6) is -2.27. The monoisotopic (exact) mass is 643 g/mol. The molecule has 0 saturated heterocycles. The van der Waals surface area contributed by atoms with Crippen LogP contribution in [0.5, 0.6) is 5.75 Å². The molecule has 0 fully saturated rings. The number of hydrogen-bond acceptors (Lipinski definition) is 4. The van der Waals surface area contributed by atoms with Crippen LogP contribution in [0.2, 0.25) is 5.02 Å². The highest BCUT2D eigenvalue weighted by Gasteiger charge is 2.27. The summed E-state index contributed by atoms with van der Waals surface area (Å²) in [6, 6.07) is 5.39. The third-order valence-corrected chi connectivity index (χ3v) is 5.84. The van der Waals surface area contributed by atoms with Gasteiger partial charge in [0.15, 0.2) is 17.3 Å². The van der Waals surface area contributed by atoms with Gasteiger partial charge < -0.3 is 9.47 Å². The van der Waals surface area contributed by atoms with Crippen molar-refractivity contribution in [3.05, 3.63) is 64.9 Å². The van der Waals surface area contributed by atoms with Gasteiger partial charge in [-0.3, -0.25) is 0 Å². The fraction of sp³-hybridized carbons (Fsp3) is 0.200. The molecular weight excluding hydrogens is 629 g/mol. The van der Waals surface area contributed by atoms with Crippen molar-refractivity contribution in [2.75, 3.05) is 6.61 Å². The number of cyclic esters (lactones) is 1. The van der Waals surface area contributed by atoms with Gasteiger partial charge in [-0.2, -0.15) is 0 Å². The van der Waals surface area contributed by atoms with Crippen LogP contribution in [0.3, 0.4) is 0 Å². The van der Waals surface area contributed by atoms with Crippen molar-refractivity contribution in [1.29, 1.82) is 0 Å². The van der Waals surface area contributed by atoms with E-state index in [0.29, 0.717) is 6.61 Å². The van der Waals surface area contributed by atoms with Gasteiger partial charge in [-0.25, -0.2) is 18.6 Å². The lowest BCUT2D eigenvalue weighted by molar-refractivity contribution is -0.129. The number of rotatable bonds is 6. The highest BCUT2D eigenvalue weighted by Crippen LogP contribution is 2.31. The summed E-state index contributed by atoms with van der Waals surface area (Å²) >= 11 is 10.3. The van der Waals surface area contributed by atoms with Gasteiger partial charge in [0.2, 0.25) is 5.90 Å². The van der Waals surface area contributed by atoms with E-state index in [1.54, 1.807) is 6.08 Å². The molecule has 0 aromatic heterocycles. The SMILES string of the molecule is CCCCOc1c(I)cc(/C=C2\N=C(c3cc(F)c(F)cc3Cl)OC2=O)cc1I. The second-order valence-corrected chi connectivity index (χ2v) is 8.83. The number of ether oxygens (including phenoxy) is 2. The number of nitrogens with zero attached hydrogens (tertiary/aromatic N) is 1. The smallest absolute Gasteiger partial charge is 0.363 e. The summed E-state index contributed by atoms with van der Waals surface area (Å²) in [5.41, 5.74) is 0.771. The molecule has 0 aliphatic carbocycles. The number of halogens is 5. The summed E-state index contributed by atoms with van der Waals surface area (Å²) < 4.78 is 39.5. The maximum Gasteiger partial charge on any atom is 0.363 e. The van der Waals surface area contributed by atoms with Gasteiger partial charge in [0, 0.05) is 0 Å². The average molecular weight is 644 g/mol. The maximum atomic E-state index is 13.5. The Morgan fingerprint density at radius 3 is 2.48 bits per heavy atom. The van der Waals surface area contributed by atoms with Gasteiger partial charge in [0.25, 0.3) is 0 Å². The topological polar surface area (TPSA) is 47.9 Å². The van der Waals surface area contributed by atoms with Crippen LogP contribution in [-0.4, -0.2) is 18.5 Å². The third-order valence-electron chi connectivity index (χ3n) is 3.93. The fourth-order valence-electron chi connectivity index (χ4n) is 2.49. The van der Waals surface area contributed by atoms with Crippen LogP contribution in [0.15, 0.2) is 35.0 Å². The molecule has 0 spiro atoms. The van der Waals surface area contributed by atoms with E-state index >= 15 is 0 Å². The van der Waals surface area contributed by atoms with Crippen LogP contribution < -0.4 is 4.74 Å². The van der Waals surface area contributed by atoms with Crippen molar-refractivity contribution < 1.29 is 23.0 Å². The van der Waals surface area contributed by atoms with Gasteiger partial charge in [-0.1, -0.05) is 24.9 Å². The average Bonchev–Trinajstić information content (AvgIpc) is 3.01. The number of carbonyl (C=O) groups excluding carboxylic acids is 1. The first-order valence-corrected chi connectivity index (χ1v) is 11.1. The minimum atomic E-state index is -1.11. The second-order valence-electron chi connectivity index (χ2n) is 6.10. The third kappa shape index (κ3) is 5.26. The molecule has 9 heteroatoms. The molecule has 3 rings (SSSR count). The van der Waals surface area contributed by atoms with Crippen molar-refractivity contribution in [3.8, 4) is 5.75 Å². The largest absolute Gasteiger partial charge is 0.491 e. The lowest BCUT2D eigenvalue weighted by Gasteiger charge is -2.11. The van der Waals surface area contributed by atoms with Crippen molar-refractivity contribution in [2.24, 2.45) is 4.99 Å². The highest BCUT2D eigenvalue weighted by molar-refractivity contribution is 14.1.